The first-order chi connectivity index (χ1) is 14.4. The van der Waals surface area contributed by atoms with Gasteiger partial charge in [-0.25, -0.2) is 4.79 Å². The van der Waals surface area contributed by atoms with E-state index in [-0.39, 0.29) is 22.7 Å². The highest BCUT2D eigenvalue weighted by atomic mass is 35.5. The summed E-state index contributed by atoms with van der Waals surface area (Å²) in [6, 6.07) is 18.2. The highest BCUT2D eigenvalue weighted by Gasteiger charge is 2.20. The Morgan fingerprint density at radius 2 is 1.60 bits per heavy atom. The van der Waals surface area contributed by atoms with Gasteiger partial charge in [-0.2, -0.15) is 0 Å². The van der Waals surface area contributed by atoms with Crippen LogP contribution in [-0.2, 0) is 4.84 Å². The molecule has 0 spiro atoms. The molecule has 0 aliphatic rings. The van der Waals surface area contributed by atoms with Crippen molar-refractivity contribution in [3.05, 3.63) is 99.6 Å². The van der Waals surface area contributed by atoms with Gasteiger partial charge in [0.2, 0.25) is 0 Å². The van der Waals surface area contributed by atoms with Crippen LogP contribution in [0.15, 0.2) is 71.9 Å². The molecule has 7 heteroatoms. The number of rotatable bonds is 6. The van der Waals surface area contributed by atoms with Crippen LogP contribution in [-0.4, -0.2) is 24.7 Å². The van der Waals surface area contributed by atoms with Crippen LogP contribution in [0.2, 0.25) is 5.02 Å². The van der Waals surface area contributed by atoms with Gasteiger partial charge in [0.15, 0.2) is 11.6 Å². The van der Waals surface area contributed by atoms with E-state index >= 15 is 0 Å². The van der Waals surface area contributed by atoms with Crippen molar-refractivity contribution in [2.45, 2.75) is 6.92 Å². The second-order valence-corrected chi connectivity index (χ2v) is 6.88. The number of ketones is 1. The summed E-state index contributed by atoms with van der Waals surface area (Å²) in [5.41, 5.74) is 8.10. The van der Waals surface area contributed by atoms with Crippen LogP contribution in [0.4, 0.5) is 0 Å². The zero-order chi connectivity index (χ0) is 21.7. The van der Waals surface area contributed by atoms with Gasteiger partial charge in [-0.05, 0) is 31.2 Å². The fraction of sp³-hybridized carbons (Fsp3) is 0.0870. The predicted molar refractivity (Wildman–Crippen MR) is 115 cm³/mol. The summed E-state index contributed by atoms with van der Waals surface area (Å²) in [5.74, 6) is -0.775. The lowest BCUT2D eigenvalue weighted by atomic mass is 9.98. The molecule has 0 amide bonds. The van der Waals surface area contributed by atoms with Gasteiger partial charge >= 0.3 is 5.97 Å². The highest BCUT2D eigenvalue weighted by Crippen LogP contribution is 2.23. The Morgan fingerprint density at radius 3 is 2.27 bits per heavy atom. The molecule has 2 N–H and O–H groups in total. The first-order valence-corrected chi connectivity index (χ1v) is 9.37. The van der Waals surface area contributed by atoms with Crippen molar-refractivity contribution >= 4 is 29.2 Å². The Labute approximate surface area is 178 Å². The van der Waals surface area contributed by atoms with Gasteiger partial charge in [0.25, 0.3) is 0 Å². The first-order valence-electron chi connectivity index (χ1n) is 9.00. The number of hydrogen-bond acceptors (Lipinski definition) is 5. The smallest absolute Gasteiger partial charge is 0.366 e. The summed E-state index contributed by atoms with van der Waals surface area (Å²) in [6.45, 7) is 1.93. The lowest BCUT2D eigenvalue weighted by Gasteiger charge is -2.09. The van der Waals surface area contributed by atoms with Crippen LogP contribution < -0.4 is 10.5 Å². The van der Waals surface area contributed by atoms with Crippen molar-refractivity contribution < 1.29 is 19.2 Å². The van der Waals surface area contributed by atoms with Crippen LogP contribution >= 0.6 is 11.6 Å². The number of amidine groups is 1. The summed E-state index contributed by atoms with van der Waals surface area (Å²) >= 11 is 5.99. The Bertz CT molecular complexity index is 1120. The number of hydrogen-bond donors (Lipinski definition) is 1. The number of oxime groups is 1. The summed E-state index contributed by atoms with van der Waals surface area (Å²) in [5, 5.41) is 4.12. The van der Waals surface area contributed by atoms with Crippen molar-refractivity contribution in [1.82, 2.24) is 0 Å². The van der Waals surface area contributed by atoms with Crippen molar-refractivity contribution in [3.63, 3.8) is 0 Å². The molecule has 0 atom stereocenters. The molecule has 0 aromatic heterocycles. The molecule has 0 saturated heterocycles. The lowest BCUT2D eigenvalue weighted by molar-refractivity contribution is 0.0513. The number of benzene rings is 3. The van der Waals surface area contributed by atoms with E-state index in [1.807, 2.05) is 19.1 Å². The minimum absolute atomic E-state index is 0.0812. The van der Waals surface area contributed by atoms with E-state index in [0.717, 1.165) is 5.56 Å². The van der Waals surface area contributed by atoms with E-state index in [1.54, 1.807) is 48.5 Å². The van der Waals surface area contributed by atoms with E-state index in [9.17, 15) is 9.59 Å². The van der Waals surface area contributed by atoms with Gasteiger partial charge in [-0.3, -0.25) is 4.79 Å². The number of halogens is 1. The number of ether oxygens (including phenoxy) is 1. The Morgan fingerprint density at radius 1 is 0.933 bits per heavy atom. The average Bonchev–Trinajstić information content (AvgIpc) is 2.77. The molecule has 0 bridgehead atoms. The van der Waals surface area contributed by atoms with Crippen LogP contribution in [0.25, 0.3) is 0 Å². The number of aryl methyl sites for hydroxylation is 1. The van der Waals surface area contributed by atoms with Crippen molar-refractivity contribution in [1.29, 1.82) is 0 Å². The molecule has 0 saturated carbocycles. The van der Waals surface area contributed by atoms with Gasteiger partial charge in [-0.15, -0.1) is 0 Å². The maximum Gasteiger partial charge on any atom is 0.366 e. The summed E-state index contributed by atoms with van der Waals surface area (Å²) in [6.07, 6.45) is 0. The third-order valence-corrected chi connectivity index (χ3v) is 4.60. The number of nitrogens with two attached hydrogens (primary N) is 1. The number of carbonyl (C=O) groups excluding carboxylic acids is 2. The van der Waals surface area contributed by atoms with Crippen molar-refractivity contribution in [2.75, 3.05) is 7.11 Å². The van der Waals surface area contributed by atoms with E-state index < -0.39 is 5.97 Å². The van der Waals surface area contributed by atoms with Gasteiger partial charge < -0.3 is 15.3 Å². The molecular formula is C23H19ClN2O4. The number of nitrogens with zero attached hydrogens (tertiary/aromatic N) is 1. The molecule has 0 aliphatic carbocycles. The van der Waals surface area contributed by atoms with Crippen LogP contribution in [0.3, 0.4) is 0 Å². The zero-order valence-electron chi connectivity index (χ0n) is 16.4. The summed E-state index contributed by atoms with van der Waals surface area (Å²) in [4.78, 5) is 30.5. The third-order valence-electron chi connectivity index (χ3n) is 4.37. The van der Waals surface area contributed by atoms with Gasteiger partial charge in [0.05, 0.1) is 18.2 Å². The SMILES string of the molecule is COc1ccc(Cl)cc1/C(N)=N/OC(=O)c1ccccc1C(=O)c1ccc(C)cc1. The minimum atomic E-state index is -0.810. The zero-order valence-corrected chi connectivity index (χ0v) is 17.1. The van der Waals surface area contributed by atoms with E-state index in [1.165, 1.54) is 13.2 Å². The van der Waals surface area contributed by atoms with E-state index in [0.29, 0.717) is 21.9 Å². The molecule has 3 rings (SSSR count). The molecule has 3 aromatic rings. The predicted octanol–water partition coefficient (Wildman–Crippen LogP) is 4.37. The molecule has 0 fully saturated rings. The standard InChI is InChI=1S/C23H19ClN2O4/c1-14-7-9-15(10-8-14)21(27)17-5-3-4-6-18(17)23(28)30-26-22(25)19-13-16(24)11-12-20(19)29-2/h3-13H,1-2H3,(H2,25,26). The van der Waals surface area contributed by atoms with Gasteiger partial charge in [0, 0.05) is 16.1 Å². The van der Waals surface area contributed by atoms with Gasteiger partial charge in [0.1, 0.15) is 5.75 Å². The minimum Gasteiger partial charge on any atom is -0.496 e. The maximum atomic E-state index is 12.9. The van der Waals surface area contributed by atoms with Gasteiger partial charge in [-0.1, -0.05) is 64.8 Å². The highest BCUT2D eigenvalue weighted by molar-refractivity contribution is 6.31. The van der Waals surface area contributed by atoms with E-state index in [4.69, 9.17) is 26.9 Å². The first kappa shape index (κ1) is 21.1. The molecule has 0 heterocycles. The Kier molecular flexibility index (Phi) is 6.49. The fourth-order valence-corrected chi connectivity index (χ4v) is 2.96. The molecule has 0 aliphatic heterocycles. The second kappa shape index (κ2) is 9.24. The lowest BCUT2D eigenvalue weighted by Crippen LogP contribution is -2.17. The molecule has 3 aromatic carbocycles. The summed E-state index contributed by atoms with van der Waals surface area (Å²) < 4.78 is 5.22. The molecular weight excluding hydrogens is 404 g/mol. The molecule has 6 nitrogen and oxygen atoms in total. The monoisotopic (exact) mass is 422 g/mol. The fourth-order valence-electron chi connectivity index (χ4n) is 2.79. The third kappa shape index (κ3) is 4.67. The number of carbonyl (C=O) groups is 2. The molecule has 152 valence electrons. The Balaban J connectivity index is 1.86. The van der Waals surface area contributed by atoms with Crippen LogP contribution in [0.5, 0.6) is 5.75 Å². The maximum absolute atomic E-state index is 12.9. The molecule has 30 heavy (non-hydrogen) atoms. The largest absolute Gasteiger partial charge is 0.496 e. The normalized spacial score (nSPS) is 11.1. The van der Waals surface area contributed by atoms with E-state index in [2.05, 4.69) is 5.16 Å². The quantitative estimate of drug-likeness (QED) is 0.209. The Hall–Kier alpha value is -3.64. The van der Waals surface area contributed by atoms with Crippen LogP contribution in [0, 0.1) is 6.92 Å². The van der Waals surface area contributed by atoms with Crippen molar-refractivity contribution in [2.24, 2.45) is 10.9 Å². The average molecular weight is 423 g/mol. The second-order valence-electron chi connectivity index (χ2n) is 6.44. The summed E-state index contributed by atoms with van der Waals surface area (Å²) in [7, 11) is 1.47. The number of methoxy groups -OCH3 is 1. The van der Waals surface area contributed by atoms with Crippen LogP contribution in [0.1, 0.15) is 37.4 Å². The van der Waals surface area contributed by atoms with Crippen molar-refractivity contribution in [3.8, 4) is 5.75 Å². The molecule has 0 radical (unpaired) electrons. The molecule has 0 unspecified atom stereocenters. The topological polar surface area (TPSA) is 91.0 Å².